The number of thiophene rings is 1. The number of carbonyl (C=O) groups excluding carboxylic acids is 3. The number of pyridine rings is 1. The Bertz CT molecular complexity index is 1030. The number of nitrogens with zero attached hydrogens (tertiary/aromatic N) is 2. The van der Waals surface area contributed by atoms with E-state index in [2.05, 4.69) is 4.98 Å². The van der Waals surface area contributed by atoms with Crippen molar-refractivity contribution in [2.45, 2.75) is 12.8 Å². The molecule has 0 bridgehead atoms. The Labute approximate surface area is 159 Å². The molecule has 4 rings (SSSR count). The van der Waals surface area contributed by atoms with Gasteiger partial charge < -0.3 is 4.74 Å². The predicted octanol–water partition coefficient (Wildman–Crippen LogP) is 3.27. The lowest BCUT2D eigenvalue weighted by Gasteiger charge is -2.14. The van der Waals surface area contributed by atoms with Gasteiger partial charge in [0.05, 0.1) is 21.7 Å². The fourth-order valence-corrected chi connectivity index (χ4v) is 3.78. The van der Waals surface area contributed by atoms with Crippen LogP contribution >= 0.6 is 11.3 Å². The van der Waals surface area contributed by atoms with Crippen LogP contribution in [0.25, 0.3) is 21.5 Å². The van der Waals surface area contributed by atoms with Gasteiger partial charge in [-0.15, -0.1) is 11.3 Å². The molecular weight excluding hydrogens is 364 g/mol. The summed E-state index contributed by atoms with van der Waals surface area (Å²) in [5.41, 5.74) is 1.71. The maximum absolute atomic E-state index is 12.7. The van der Waals surface area contributed by atoms with Crippen molar-refractivity contribution in [2.75, 3.05) is 13.2 Å². The standard InChI is InChI=1S/C20H16N2O4S/c23-18-8-3-9-22(18)19(24)12-26-20(25)14-11-16(17-7-4-10-27-17)21-15-6-2-1-5-13(14)15/h1-2,4-7,10-11H,3,8-9,12H2. The van der Waals surface area contributed by atoms with Gasteiger partial charge >= 0.3 is 5.97 Å². The second kappa shape index (κ2) is 7.28. The van der Waals surface area contributed by atoms with Crippen LogP contribution in [0.4, 0.5) is 0 Å². The molecule has 6 nitrogen and oxygen atoms in total. The zero-order chi connectivity index (χ0) is 18.8. The van der Waals surface area contributed by atoms with Gasteiger partial charge in [0.25, 0.3) is 5.91 Å². The number of imide groups is 1. The molecule has 0 spiro atoms. The van der Waals surface area contributed by atoms with E-state index in [0.717, 1.165) is 9.78 Å². The first-order valence-corrected chi connectivity index (χ1v) is 9.45. The van der Waals surface area contributed by atoms with Gasteiger partial charge in [-0.25, -0.2) is 9.78 Å². The Hall–Kier alpha value is -3.06. The smallest absolute Gasteiger partial charge is 0.339 e. The number of carbonyl (C=O) groups is 3. The number of hydrogen-bond donors (Lipinski definition) is 0. The number of likely N-dealkylation sites (tertiary alicyclic amines) is 1. The molecule has 1 saturated heterocycles. The fraction of sp³-hybridized carbons (Fsp3) is 0.200. The summed E-state index contributed by atoms with van der Waals surface area (Å²) in [5, 5.41) is 2.60. The number of rotatable bonds is 4. The molecule has 0 aliphatic carbocycles. The summed E-state index contributed by atoms with van der Waals surface area (Å²) in [5.74, 6) is -1.31. The van der Waals surface area contributed by atoms with Crippen LogP contribution in [0.2, 0.25) is 0 Å². The molecule has 1 aliphatic rings. The number of fused-ring (bicyclic) bond motifs is 1. The first kappa shape index (κ1) is 17.4. The van der Waals surface area contributed by atoms with Crippen molar-refractivity contribution in [3.63, 3.8) is 0 Å². The summed E-state index contributed by atoms with van der Waals surface area (Å²) in [6.45, 7) is -0.0640. The van der Waals surface area contributed by atoms with Crippen molar-refractivity contribution in [1.29, 1.82) is 0 Å². The van der Waals surface area contributed by atoms with Gasteiger partial charge in [-0.05, 0) is 30.0 Å². The van der Waals surface area contributed by atoms with Crippen LogP contribution < -0.4 is 0 Å². The Morgan fingerprint density at radius 2 is 2.04 bits per heavy atom. The third-order valence-corrected chi connectivity index (χ3v) is 5.30. The molecule has 27 heavy (non-hydrogen) atoms. The molecule has 1 aliphatic heterocycles. The molecule has 0 radical (unpaired) electrons. The summed E-state index contributed by atoms with van der Waals surface area (Å²) in [6.07, 6.45) is 1.01. The molecule has 0 unspecified atom stereocenters. The highest BCUT2D eigenvalue weighted by Gasteiger charge is 2.27. The number of aromatic nitrogens is 1. The second-order valence-electron chi connectivity index (χ2n) is 6.17. The molecule has 3 aromatic rings. The summed E-state index contributed by atoms with van der Waals surface area (Å²) in [7, 11) is 0. The Morgan fingerprint density at radius 3 is 2.78 bits per heavy atom. The molecule has 0 N–H and O–H groups in total. The van der Waals surface area contributed by atoms with Crippen molar-refractivity contribution in [3.8, 4) is 10.6 Å². The highest BCUT2D eigenvalue weighted by atomic mass is 32.1. The molecule has 2 aromatic heterocycles. The van der Waals surface area contributed by atoms with Crippen LogP contribution in [0.15, 0.2) is 47.8 Å². The summed E-state index contributed by atoms with van der Waals surface area (Å²) < 4.78 is 5.22. The van der Waals surface area contributed by atoms with Gasteiger partial charge in [-0.1, -0.05) is 24.3 Å². The Kier molecular flexibility index (Phi) is 4.68. The Morgan fingerprint density at radius 1 is 1.19 bits per heavy atom. The number of para-hydroxylation sites is 1. The van der Waals surface area contributed by atoms with Gasteiger partial charge in [0.15, 0.2) is 6.61 Å². The quantitative estimate of drug-likeness (QED) is 0.649. The first-order valence-electron chi connectivity index (χ1n) is 8.57. The third-order valence-electron chi connectivity index (χ3n) is 4.41. The lowest BCUT2D eigenvalue weighted by atomic mass is 10.1. The SMILES string of the molecule is O=C(OCC(=O)N1CCCC1=O)c1cc(-c2cccs2)nc2ccccc12. The van der Waals surface area contributed by atoms with Gasteiger partial charge in [0, 0.05) is 18.4 Å². The maximum Gasteiger partial charge on any atom is 0.339 e. The van der Waals surface area contributed by atoms with Crippen LogP contribution in [-0.4, -0.2) is 40.8 Å². The lowest BCUT2D eigenvalue weighted by Crippen LogP contribution is -2.35. The maximum atomic E-state index is 12.7. The lowest BCUT2D eigenvalue weighted by molar-refractivity contribution is -0.143. The van der Waals surface area contributed by atoms with Crippen LogP contribution in [-0.2, 0) is 14.3 Å². The number of benzene rings is 1. The minimum atomic E-state index is -0.605. The third kappa shape index (κ3) is 3.46. The number of amides is 2. The van der Waals surface area contributed by atoms with Crippen LogP contribution in [0.3, 0.4) is 0 Å². The number of ether oxygens (including phenoxy) is 1. The molecule has 2 amide bonds. The summed E-state index contributed by atoms with van der Waals surface area (Å²) in [6, 6.07) is 12.8. The number of esters is 1. The monoisotopic (exact) mass is 380 g/mol. The average Bonchev–Trinajstić information content (AvgIpc) is 3.36. The van der Waals surface area contributed by atoms with E-state index in [1.807, 2.05) is 35.7 Å². The molecule has 1 aromatic carbocycles. The second-order valence-corrected chi connectivity index (χ2v) is 7.12. The molecule has 136 valence electrons. The molecular formula is C20H16N2O4S. The summed E-state index contributed by atoms with van der Waals surface area (Å²) >= 11 is 1.53. The molecule has 0 saturated carbocycles. The zero-order valence-electron chi connectivity index (χ0n) is 14.4. The van der Waals surface area contributed by atoms with E-state index in [1.165, 1.54) is 11.3 Å². The minimum Gasteiger partial charge on any atom is -0.452 e. The van der Waals surface area contributed by atoms with E-state index in [0.29, 0.717) is 41.5 Å². The number of hydrogen-bond acceptors (Lipinski definition) is 6. The van der Waals surface area contributed by atoms with E-state index in [9.17, 15) is 14.4 Å². The first-order chi connectivity index (χ1) is 13.1. The van der Waals surface area contributed by atoms with Crippen molar-refractivity contribution < 1.29 is 19.1 Å². The van der Waals surface area contributed by atoms with E-state index in [-0.39, 0.29) is 5.91 Å². The minimum absolute atomic E-state index is 0.217. The van der Waals surface area contributed by atoms with Crippen LogP contribution in [0.5, 0.6) is 0 Å². The average molecular weight is 380 g/mol. The highest BCUT2D eigenvalue weighted by molar-refractivity contribution is 7.13. The van der Waals surface area contributed by atoms with E-state index >= 15 is 0 Å². The Balaban J connectivity index is 1.61. The predicted molar refractivity (Wildman–Crippen MR) is 101 cm³/mol. The molecule has 0 atom stereocenters. The van der Waals surface area contributed by atoms with Gasteiger partial charge in [-0.3, -0.25) is 14.5 Å². The van der Waals surface area contributed by atoms with E-state index in [4.69, 9.17) is 4.74 Å². The highest BCUT2D eigenvalue weighted by Crippen LogP contribution is 2.28. The zero-order valence-corrected chi connectivity index (χ0v) is 15.2. The normalized spacial score (nSPS) is 13.9. The fourth-order valence-electron chi connectivity index (χ4n) is 3.09. The van der Waals surface area contributed by atoms with E-state index < -0.39 is 18.5 Å². The molecule has 1 fully saturated rings. The largest absolute Gasteiger partial charge is 0.452 e. The van der Waals surface area contributed by atoms with Crippen molar-refractivity contribution in [2.24, 2.45) is 0 Å². The van der Waals surface area contributed by atoms with Crippen molar-refractivity contribution >= 4 is 40.0 Å². The topological polar surface area (TPSA) is 76.6 Å². The van der Waals surface area contributed by atoms with Gasteiger partial charge in [0.1, 0.15) is 0 Å². The summed E-state index contributed by atoms with van der Waals surface area (Å²) in [4.78, 5) is 43.1. The van der Waals surface area contributed by atoms with Gasteiger partial charge in [0.2, 0.25) is 5.91 Å². The van der Waals surface area contributed by atoms with E-state index in [1.54, 1.807) is 12.1 Å². The molecule has 7 heteroatoms. The van der Waals surface area contributed by atoms with Crippen molar-refractivity contribution in [1.82, 2.24) is 9.88 Å². The molecule has 3 heterocycles. The van der Waals surface area contributed by atoms with Crippen LogP contribution in [0.1, 0.15) is 23.2 Å². The van der Waals surface area contributed by atoms with Crippen molar-refractivity contribution in [3.05, 3.63) is 53.4 Å². The van der Waals surface area contributed by atoms with Gasteiger partial charge in [-0.2, -0.15) is 0 Å². The van der Waals surface area contributed by atoms with Crippen LogP contribution in [0, 0.1) is 0 Å².